The number of ether oxygens (including phenoxy) is 1. The number of H-pyrrole nitrogens is 1. The van der Waals surface area contributed by atoms with Crippen LogP contribution in [0.25, 0.3) is 22.6 Å². The predicted molar refractivity (Wildman–Crippen MR) is 121 cm³/mol. The van der Waals surface area contributed by atoms with Crippen molar-refractivity contribution in [2.24, 2.45) is 5.92 Å². The molecule has 1 aromatic carbocycles. The molecule has 0 aliphatic carbocycles. The zero-order valence-corrected chi connectivity index (χ0v) is 18.2. The number of hydrogen-bond acceptors (Lipinski definition) is 6. The summed E-state index contributed by atoms with van der Waals surface area (Å²) in [6.45, 7) is 3.39. The van der Waals surface area contributed by atoms with Gasteiger partial charge in [-0.3, -0.25) is 4.79 Å². The average Bonchev–Trinajstić information content (AvgIpc) is 3.53. The normalized spacial score (nSPS) is 18.8. The quantitative estimate of drug-likeness (QED) is 0.635. The molecule has 0 radical (unpaired) electrons. The number of aromatic amines is 1. The van der Waals surface area contributed by atoms with E-state index >= 15 is 0 Å². The van der Waals surface area contributed by atoms with Gasteiger partial charge in [-0.05, 0) is 49.9 Å². The Morgan fingerprint density at radius 3 is 2.72 bits per heavy atom. The zero-order valence-electron chi connectivity index (χ0n) is 18.2. The number of anilines is 1. The molecule has 166 valence electrons. The van der Waals surface area contributed by atoms with E-state index < -0.39 is 0 Å². The molecule has 4 heterocycles. The number of hydrogen-bond donors (Lipinski definition) is 1. The number of imidazole rings is 1. The molecule has 2 aliphatic heterocycles. The number of fused-ring (bicyclic) bond motifs is 1. The fourth-order valence-electron chi connectivity index (χ4n) is 4.69. The summed E-state index contributed by atoms with van der Waals surface area (Å²) in [5, 5.41) is 0. The number of piperidine rings is 1. The molecule has 5 rings (SSSR count). The number of methoxy groups -OCH3 is 1. The minimum Gasteiger partial charge on any atom is -0.465 e. The summed E-state index contributed by atoms with van der Waals surface area (Å²) in [4.78, 5) is 41.7. The molecule has 1 N–H and O–H groups in total. The minimum absolute atomic E-state index is 0.0396. The lowest BCUT2D eigenvalue weighted by Crippen LogP contribution is -2.44. The topological polar surface area (TPSA) is 91.4 Å². The first-order valence-electron chi connectivity index (χ1n) is 11.2. The number of carbonyl (C=O) groups is 2. The van der Waals surface area contributed by atoms with Crippen LogP contribution in [0.5, 0.6) is 0 Å². The van der Waals surface area contributed by atoms with E-state index in [9.17, 15) is 9.59 Å². The maximum atomic E-state index is 12.9. The van der Waals surface area contributed by atoms with Gasteiger partial charge < -0.3 is 19.5 Å². The molecule has 1 atom stereocenters. The van der Waals surface area contributed by atoms with Crippen LogP contribution in [-0.2, 0) is 9.53 Å². The second kappa shape index (κ2) is 8.61. The third-order valence-corrected chi connectivity index (χ3v) is 6.40. The number of nitrogens with zero attached hydrogens (tertiary/aromatic N) is 4. The van der Waals surface area contributed by atoms with Gasteiger partial charge in [0.2, 0.25) is 5.91 Å². The van der Waals surface area contributed by atoms with E-state index in [1.807, 2.05) is 23.1 Å². The van der Waals surface area contributed by atoms with Crippen LogP contribution in [0.1, 0.15) is 36.0 Å². The summed E-state index contributed by atoms with van der Waals surface area (Å²) in [6.07, 6.45) is 4.16. The van der Waals surface area contributed by atoms with Gasteiger partial charge in [0.15, 0.2) is 5.65 Å². The zero-order chi connectivity index (χ0) is 22.1. The Morgan fingerprint density at radius 1 is 1.06 bits per heavy atom. The van der Waals surface area contributed by atoms with E-state index in [0.29, 0.717) is 29.5 Å². The van der Waals surface area contributed by atoms with Gasteiger partial charge in [0.1, 0.15) is 17.2 Å². The lowest BCUT2D eigenvalue weighted by atomic mass is 9.96. The van der Waals surface area contributed by atoms with Gasteiger partial charge in [0.05, 0.1) is 18.6 Å². The fourth-order valence-corrected chi connectivity index (χ4v) is 4.69. The van der Waals surface area contributed by atoms with Crippen LogP contribution in [0.4, 0.5) is 5.82 Å². The Hall–Kier alpha value is -3.42. The average molecular weight is 434 g/mol. The molecule has 8 nitrogen and oxygen atoms in total. The van der Waals surface area contributed by atoms with E-state index in [1.54, 1.807) is 18.2 Å². The van der Waals surface area contributed by atoms with Crippen LogP contribution in [0.2, 0.25) is 0 Å². The highest BCUT2D eigenvalue weighted by Crippen LogP contribution is 2.27. The largest absolute Gasteiger partial charge is 0.465 e. The molecule has 2 saturated heterocycles. The van der Waals surface area contributed by atoms with Gasteiger partial charge >= 0.3 is 5.97 Å². The summed E-state index contributed by atoms with van der Waals surface area (Å²) < 4.78 is 4.81. The standard InChI is InChI=1S/C24H27N5O3/c1-32-24(31)17-7-4-6-16(14-17)21-25-19-9-10-20(26-22(19)27-21)29-13-5-8-18(15-29)23(30)28-11-2-3-12-28/h4,6-7,9-10,14,18H,2-3,5,8,11-13,15H2,1H3,(H,25,26,27)/t18-/m1/s1. The van der Waals surface area contributed by atoms with Crippen LogP contribution in [0.3, 0.4) is 0 Å². The Bertz CT molecular complexity index is 1150. The van der Waals surface area contributed by atoms with Gasteiger partial charge in [0, 0.05) is 31.7 Å². The molecular weight excluding hydrogens is 406 g/mol. The highest BCUT2D eigenvalue weighted by Gasteiger charge is 2.31. The van der Waals surface area contributed by atoms with Crippen molar-refractivity contribution in [1.29, 1.82) is 0 Å². The number of nitrogens with one attached hydrogen (secondary N) is 1. The van der Waals surface area contributed by atoms with Crippen LogP contribution in [-0.4, -0.2) is 65.0 Å². The molecule has 0 bridgehead atoms. The molecule has 8 heteroatoms. The Balaban J connectivity index is 1.37. The van der Waals surface area contributed by atoms with Crippen LogP contribution >= 0.6 is 0 Å². The molecule has 3 aromatic rings. The van der Waals surface area contributed by atoms with Crippen LogP contribution < -0.4 is 4.90 Å². The summed E-state index contributed by atoms with van der Waals surface area (Å²) in [5.74, 6) is 1.46. The van der Waals surface area contributed by atoms with E-state index in [-0.39, 0.29) is 11.9 Å². The van der Waals surface area contributed by atoms with Crippen molar-refractivity contribution in [1.82, 2.24) is 19.9 Å². The lowest BCUT2D eigenvalue weighted by molar-refractivity contribution is -0.134. The number of likely N-dealkylation sites (tertiary alicyclic amines) is 1. The Kier molecular flexibility index (Phi) is 5.51. The molecule has 2 aliphatic rings. The number of benzene rings is 1. The van der Waals surface area contributed by atoms with Gasteiger partial charge in [-0.25, -0.2) is 14.8 Å². The van der Waals surface area contributed by atoms with Gasteiger partial charge in [0.25, 0.3) is 0 Å². The summed E-state index contributed by atoms with van der Waals surface area (Å²) >= 11 is 0. The van der Waals surface area contributed by atoms with Crippen molar-refractivity contribution in [3.8, 4) is 11.4 Å². The molecule has 2 fully saturated rings. The first kappa shape index (κ1) is 20.5. The first-order valence-corrected chi connectivity index (χ1v) is 11.2. The maximum Gasteiger partial charge on any atom is 0.337 e. The van der Waals surface area contributed by atoms with Crippen molar-refractivity contribution in [3.05, 3.63) is 42.0 Å². The van der Waals surface area contributed by atoms with Crippen molar-refractivity contribution in [2.75, 3.05) is 38.2 Å². The third-order valence-electron chi connectivity index (χ3n) is 6.40. The number of aromatic nitrogens is 3. The van der Waals surface area contributed by atoms with E-state index in [2.05, 4.69) is 14.9 Å². The minimum atomic E-state index is -0.383. The van der Waals surface area contributed by atoms with Gasteiger partial charge in [-0.2, -0.15) is 0 Å². The molecule has 0 unspecified atom stereocenters. The monoisotopic (exact) mass is 433 g/mol. The Morgan fingerprint density at radius 2 is 1.91 bits per heavy atom. The number of rotatable bonds is 4. The third kappa shape index (κ3) is 3.92. The first-order chi connectivity index (χ1) is 15.6. The smallest absolute Gasteiger partial charge is 0.337 e. The molecule has 2 aromatic heterocycles. The fraction of sp³-hybridized carbons (Fsp3) is 0.417. The van der Waals surface area contributed by atoms with Gasteiger partial charge in [-0.15, -0.1) is 0 Å². The summed E-state index contributed by atoms with van der Waals surface area (Å²) in [6, 6.07) is 11.1. The van der Waals surface area contributed by atoms with Crippen molar-refractivity contribution < 1.29 is 14.3 Å². The Labute approximate surface area is 186 Å². The van der Waals surface area contributed by atoms with E-state index in [1.165, 1.54) is 7.11 Å². The highest BCUT2D eigenvalue weighted by molar-refractivity contribution is 5.91. The SMILES string of the molecule is COC(=O)c1cccc(-c2nc3ccc(N4CCC[C@@H](C(=O)N5CCCC5)C4)nc3[nH]2)c1. The second-order valence-corrected chi connectivity index (χ2v) is 8.51. The summed E-state index contributed by atoms with van der Waals surface area (Å²) in [5.41, 5.74) is 2.71. The number of pyridine rings is 1. The van der Waals surface area contributed by atoms with Gasteiger partial charge in [-0.1, -0.05) is 12.1 Å². The van der Waals surface area contributed by atoms with Crippen molar-refractivity contribution in [3.63, 3.8) is 0 Å². The second-order valence-electron chi connectivity index (χ2n) is 8.51. The molecule has 32 heavy (non-hydrogen) atoms. The maximum absolute atomic E-state index is 12.9. The van der Waals surface area contributed by atoms with E-state index in [4.69, 9.17) is 9.72 Å². The molecule has 1 amide bonds. The number of esters is 1. The molecular formula is C24H27N5O3. The highest BCUT2D eigenvalue weighted by atomic mass is 16.5. The number of carbonyl (C=O) groups excluding carboxylic acids is 2. The van der Waals surface area contributed by atoms with Crippen molar-refractivity contribution >= 4 is 28.9 Å². The lowest BCUT2D eigenvalue weighted by Gasteiger charge is -2.34. The van der Waals surface area contributed by atoms with Crippen molar-refractivity contribution in [2.45, 2.75) is 25.7 Å². The van der Waals surface area contributed by atoms with E-state index in [0.717, 1.165) is 62.2 Å². The molecule has 0 saturated carbocycles. The predicted octanol–water partition coefficient (Wildman–Crippen LogP) is 3.25. The molecule has 0 spiro atoms. The van der Waals surface area contributed by atoms with Crippen LogP contribution in [0.15, 0.2) is 36.4 Å². The summed E-state index contributed by atoms with van der Waals surface area (Å²) in [7, 11) is 1.37. The van der Waals surface area contributed by atoms with Crippen LogP contribution in [0, 0.1) is 5.92 Å². The number of amides is 1.